The molecule has 0 saturated carbocycles. The number of ether oxygens (including phenoxy) is 1. The number of halogens is 3. The molecule has 7 heteroatoms. The lowest BCUT2D eigenvalue weighted by Gasteiger charge is -2.13. The third-order valence-corrected chi connectivity index (χ3v) is 3.60. The van der Waals surface area contributed by atoms with Crippen LogP contribution in [0.3, 0.4) is 0 Å². The zero-order chi connectivity index (χ0) is 16.5. The molecule has 1 unspecified atom stereocenters. The minimum Gasteiger partial charge on any atom is -0.434 e. The quantitative estimate of drug-likeness (QED) is 0.647. The lowest BCUT2D eigenvalue weighted by Crippen LogP contribution is -2.33. The Kier molecular flexibility index (Phi) is 8.34. The Hall–Kier alpha value is -1.21. The third kappa shape index (κ3) is 7.17. The van der Waals surface area contributed by atoms with Gasteiger partial charge in [0.1, 0.15) is 5.75 Å². The summed E-state index contributed by atoms with van der Waals surface area (Å²) in [4.78, 5) is 11.6. The van der Waals surface area contributed by atoms with Crippen LogP contribution in [0, 0.1) is 0 Å². The highest BCUT2D eigenvalue weighted by Gasteiger charge is 2.10. The first-order chi connectivity index (χ1) is 10.4. The van der Waals surface area contributed by atoms with Crippen molar-refractivity contribution < 1.29 is 18.3 Å². The summed E-state index contributed by atoms with van der Waals surface area (Å²) in [5.74, 6) is 0.106. The van der Waals surface area contributed by atoms with Gasteiger partial charge in [-0.15, -0.1) is 0 Å². The Labute approximate surface area is 137 Å². The van der Waals surface area contributed by atoms with Crippen molar-refractivity contribution >= 4 is 21.8 Å². The highest BCUT2D eigenvalue weighted by Crippen LogP contribution is 2.24. The molecule has 1 atom stereocenters. The molecule has 0 aliphatic heterocycles. The van der Waals surface area contributed by atoms with Gasteiger partial charge in [-0.25, -0.2) is 0 Å². The molecule has 1 rings (SSSR count). The summed E-state index contributed by atoms with van der Waals surface area (Å²) in [7, 11) is 0. The van der Waals surface area contributed by atoms with E-state index in [1.165, 1.54) is 6.07 Å². The molecule has 0 spiro atoms. The van der Waals surface area contributed by atoms with Gasteiger partial charge in [0.05, 0.1) is 0 Å². The lowest BCUT2D eigenvalue weighted by molar-refractivity contribution is -0.121. The Morgan fingerprint density at radius 2 is 2.14 bits per heavy atom. The Balaban J connectivity index is 2.44. The van der Waals surface area contributed by atoms with Crippen LogP contribution in [0.15, 0.2) is 22.7 Å². The van der Waals surface area contributed by atoms with Crippen LogP contribution < -0.4 is 15.4 Å². The number of alkyl halides is 2. The number of carbonyl (C=O) groups is 1. The number of hydrogen-bond acceptors (Lipinski definition) is 3. The number of hydrogen-bond donors (Lipinski definition) is 2. The first-order valence-corrected chi connectivity index (χ1v) is 7.95. The van der Waals surface area contributed by atoms with Crippen molar-refractivity contribution in [3.63, 3.8) is 0 Å². The van der Waals surface area contributed by atoms with Crippen molar-refractivity contribution in [1.29, 1.82) is 0 Å². The van der Waals surface area contributed by atoms with Crippen LogP contribution >= 0.6 is 15.9 Å². The average molecular weight is 379 g/mol. The highest BCUT2D eigenvalue weighted by molar-refractivity contribution is 9.10. The van der Waals surface area contributed by atoms with Crippen LogP contribution in [0.2, 0.25) is 0 Å². The minimum atomic E-state index is -2.86. The van der Waals surface area contributed by atoms with Crippen molar-refractivity contribution in [3.8, 4) is 5.75 Å². The topological polar surface area (TPSA) is 50.4 Å². The van der Waals surface area contributed by atoms with Crippen LogP contribution in [-0.4, -0.2) is 25.1 Å². The molecule has 1 amide bonds. The van der Waals surface area contributed by atoms with E-state index in [2.05, 4.69) is 31.3 Å². The summed E-state index contributed by atoms with van der Waals surface area (Å²) in [6.45, 7) is 1.89. The number of rotatable bonds is 9. The van der Waals surface area contributed by atoms with Gasteiger partial charge in [0, 0.05) is 35.6 Å². The fraction of sp³-hybridized carbons (Fsp3) is 0.533. The van der Waals surface area contributed by atoms with Crippen molar-refractivity contribution in [2.45, 2.75) is 45.9 Å². The maximum atomic E-state index is 12.3. The molecule has 0 heterocycles. The van der Waals surface area contributed by atoms with Crippen LogP contribution in [-0.2, 0) is 11.3 Å². The van der Waals surface area contributed by atoms with Gasteiger partial charge in [-0.3, -0.25) is 4.79 Å². The molecule has 4 nitrogen and oxygen atoms in total. The van der Waals surface area contributed by atoms with Crippen molar-refractivity contribution in [2.75, 3.05) is 6.54 Å². The molecule has 0 aliphatic carbocycles. The Morgan fingerprint density at radius 1 is 1.41 bits per heavy atom. The normalized spacial score (nSPS) is 12.3. The van der Waals surface area contributed by atoms with Gasteiger partial charge < -0.3 is 15.4 Å². The van der Waals surface area contributed by atoms with E-state index in [-0.39, 0.29) is 17.7 Å². The van der Waals surface area contributed by atoms with E-state index in [1.54, 1.807) is 12.1 Å². The molecule has 0 radical (unpaired) electrons. The first-order valence-electron chi connectivity index (χ1n) is 7.15. The maximum absolute atomic E-state index is 12.3. The second-order valence-corrected chi connectivity index (χ2v) is 5.85. The lowest BCUT2D eigenvalue weighted by atomic mass is 10.2. The van der Waals surface area contributed by atoms with Crippen LogP contribution in [0.1, 0.15) is 32.3 Å². The summed E-state index contributed by atoms with van der Waals surface area (Å²) < 4.78 is 29.9. The van der Waals surface area contributed by atoms with E-state index < -0.39 is 6.61 Å². The highest BCUT2D eigenvalue weighted by atomic mass is 79.9. The van der Waals surface area contributed by atoms with Crippen molar-refractivity contribution in [1.82, 2.24) is 10.6 Å². The molecule has 22 heavy (non-hydrogen) atoms. The van der Waals surface area contributed by atoms with Gasteiger partial charge >= 0.3 is 6.61 Å². The smallest absolute Gasteiger partial charge is 0.387 e. The number of benzene rings is 1. The molecule has 0 aliphatic rings. The van der Waals surface area contributed by atoms with Gasteiger partial charge in [-0.05, 0) is 31.5 Å². The molecule has 1 aromatic carbocycles. The van der Waals surface area contributed by atoms with Crippen molar-refractivity contribution in [3.05, 3.63) is 28.2 Å². The fourth-order valence-electron chi connectivity index (χ4n) is 1.77. The molecule has 0 bridgehead atoms. The second-order valence-electron chi connectivity index (χ2n) is 4.93. The number of carbonyl (C=O) groups excluding carboxylic acids is 1. The first kappa shape index (κ1) is 18.8. The second kappa shape index (κ2) is 9.74. The van der Waals surface area contributed by atoms with E-state index in [0.717, 1.165) is 10.9 Å². The van der Waals surface area contributed by atoms with Crippen LogP contribution in [0.4, 0.5) is 8.78 Å². The molecule has 124 valence electrons. The molecule has 0 aromatic heterocycles. The van der Waals surface area contributed by atoms with Crippen molar-refractivity contribution in [2.24, 2.45) is 0 Å². The van der Waals surface area contributed by atoms with E-state index in [1.807, 2.05) is 13.8 Å². The molecule has 0 fully saturated rings. The van der Waals surface area contributed by atoms with E-state index in [4.69, 9.17) is 0 Å². The van der Waals surface area contributed by atoms with Crippen LogP contribution in [0.5, 0.6) is 5.75 Å². The van der Waals surface area contributed by atoms with Gasteiger partial charge in [-0.1, -0.05) is 22.9 Å². The number of nitrogens with one attached hydrogen (secondary N) is 2. The molecule has 2 N–H and O–H groups in total. The van der Waals surface area contributed by atoms with E-state index in [0.29, 0.717) is 25.1 Å². The largest absolute Gasteiger partial charge is 0.434 e. The minimum absolute atomic E-state index is 0.0276. The average Bonchev–Trinajstić information content (AvgIpc) is 2.45. The fourth-order valence-corrected chi connectivity index (χ4v) is 2.18. The van der Waals surface area contributed by atoms with Crippen LogP contribution in [0.25, 0.3) is 0 Å². The predicted molar refractivity (Wildman–Crippen MR) is 85.0 cm³/mol. The zero-order valence-electron chi connectivity index (χ0n) is 12.7. The SMILES string of the molecule is CCC(C)NC(=O)CCNCc1cc(Br)ccc1OC(F)F. The number of amides is 1. The van der Waals surface area contributed by atoms with Gasteiger partial charge in [0.2, 0.25) is 5.91 Å². The third-order valence-electron chi connectivity index (χ3n) is 3.10. The summed E-state index contributed by atoms with van der Waals surface area (Å²) in [5, 5.41) is 5.92. The summed E-state index contributed by atoms with van der Waals surface area (Å²) in [6, 6.07) is 5.00. The summed E-state index contributed by atoms with van der Waals surface area (Å²) >= 11 is 3.29. The maximum Gasteiger partial charge on any atom is 0.387 e. The van der Waals surface area contributed by atoms with E-state index in [9.17, 15) is 13.6 Å². The van der Waals surface area contributed by atoms with Gasteiger partial charge in [0.25, 0.3) is 0 Å². The standard InChI is InChI=1S/C15H21BrF2N2O2/c1-3-10(2)20-14(21)6-7-19-9-11-8-12(16)4-5-13(11)22-15(17)18/h4-5,8,10,15,19H,3,6-7,9H2,1-2H3,(H,20,21). The monoisotopic (exact) mass is 378 g/mol. The zero-order valence-corrected chi connectivity index (χ0v) is 14.3. The Morgan fingerprint density at radius 3 is 2.77 bits per heavy atom. The molecule has 1 aromatic rings. The van der Waals surface area contributed by atoms with Gasteiger partial charge in [0.15, 0.2) is 0 Å². The van der Waals surface area contributed by atoms with E-state index >= 15 is 0 Å². The Bertz CT molecular complexity index is 487. The summed E-state index contributed by atoms with van der Waals surface area (Å²) in [6.07, 6.45) is 1.22. The molecular weight excluding hydrogens is 358 g/mol. The van der Waals surface area contributed by atoms with Gasteiger partial charge in [-0.2, -0.15) is 8.78 Å². The summed E-state index contributed by atoms with van der Waals surface area (Å²) in [5.41, 5.74) is 0.608. The molecular formula is C15H21BrF2N2O2. The molecule has 0 saturated heterocycles. The predicted octanol–water partition coefficient (Wildman–Crippen LogP) is 3.44.